The van der Waals surface area contributed by atoms with Crippen LogP contribution < -0.4 is 20.1 Å². The SMILES string of the molecule is CCCCOc1c(Cl)cc(C(=O)NC2CNCCC2C)cc1OC.Cl. The number of hydrogen-bond acceptors (Lipinski definition) is 4. The van der Waals surface area contributed by atoms with Gasteiger partial charge in [-0.05, 0) is 37.4 Å². The molecule has 2 atom stereocenters. The second-order valence-electron chi connectivity index (χ2n) is 6.24. The number of unbranched alkanes of at least 4 members (excludes halogenated alkanes) is 1. The van der Waals surface area contributed by atoms with Crippen LogP contribution in [0.15, 0.2) is 12.1 Å². The molecule has 25 heavy (non-hydrogen) atoms. The molecule has 0 radical (unpaired) electrons. The van der Waals surface area contributed by atoms with Crippen molar-refractivity contribution < 1.29 is 14.3 Å². The van der Waals surface area contributed by atoms with Gasteiger partial charge in [0.25, 0.3) is 5.91 Å². The van der Waals surface area contributed by atoms with Crippen LogP contribution >= 0.6 is 24.0 Å². The Morgan fingerprint density at radius 3 is 2.84 bits per heavy atom. The molecule has 1 heterocycles. The number of nitrogens with one attached hydrogen (secondary N) is 2. The third-order valence-corrected chi connectivity index (χ3v) is 4.66. The van der Waals surface area contributed by atoms with Gasteiger partial charge in [0.15, 0.2) is 11.5 Å². The number of benzene rings is 1. The number of carbonyl (C=O) groups excluding carboxylic acids is 1. The van der Waals surface area contributed by atoms with E-state index >= 15 is 0 Å². The smallest absolute Gasteiger partial charge is 0.251 e. The quantitative estimate of drug-likeness (QED) is 0.697. The summed E-state index contributed by atoms with van der Waals surface area (Å²) in [5.74, 6) is 1.29. The lowest BCUT2D eigenvalue weighted by molar-refractivity contribution is 0.0915. The summed E-state index contributed by atoms with van der Waals surface area (Å²) in [6.07, 6.45) is 3.03. The summed E-state index contributed by atoms with van der Waals surface area (Å²) in [6.45, 7) is 6.61. The fraction of sp³-hybridized carbons (Fsp3) is 0.611. The molecule has 0 spiro atoms. The van der Waals surface area contributed by atoms with Crippen LogP contribution in [-0.2, 0) is 0 Å². The maximum absolute atomic E-state index is 12.6. The zero-order valence-electron chi connectivity index (χ0n) is 15.1. The minimum atomic E-state index is -0.143. The molecule has 1 amide bonds. The van der Waals surface area contributed by atoms with E-state index < -0.39 is 0 Å². The topological polar surface area (TPSA) is 59.6 Å². The molecule has 0 aromatic heterocycles. The zero-order valence-corrected chi connectivity index (χ0v) is 16.6. The van der Waals surface area contributed by atoms with E-state index in [0.717, 1.165) is 32.4 Å². The number of halogens is 2. The molecule has 1 aliphatic rings. The molecule has 5 nitrogen and oxygen atoms in total. The minimum Gasteiger partial charge on any atom is -0.493 e. The summed E-state index contributed by atoms with van der Waals surface area (Å²) >= 11 is 6.31. The van der Waals surface area contributed by atoms with Crippen LogP contribution in [0.3, 0.4) is 0 Å². The van der Waals surface area contributed by atoms with Gasteiger partial charge in [0.2, 0.25) is 0 Å². The maximum Gasteiger partial charge on any atom is 0.251 e. The van der Waals surface area contributed by atoms with Crippen molar-refractivity contribution in [3.63, 3.8) is 0 Å². The van der Waals surface area contributed by atoms with E-state index in [2.05, 4.69) is 24.5 Å². The molecule has 142 valence electrons. The summed E-state index contributed by atoms with van der Waals surface area (Å²) in [6, 6.07) is 3.45. The van der Waals surface area contributed by atoms with E-state index in [9.17, 15) is 4.79 Å². The highest BCUT2D eigenvalue weighted by Gasteiger charge is 2.24. The van der Waals surface area contributed by atoms with E-state index in [0.29, 0.717) is 34.6 Å². The van der Waals surface area contributed by atoms with Crippen LogP contribution in [0, 0.1) is 5.92 Å². The van der Waals surface area contributed by atoms with Crippen LogP contribution in [0.2, 0.25) is 5.02 Å². The highest BCUT2D eigenvalue weighted by molar-refractivity contribution is 6.32. The molecule has 7 heteroatoms. The van der Waals surface area contributed by atoms with Crippen LogP contribution in [-0.4, -0.2) is 38.8 Å². The number of rotatable bonds is 7. The van der Waals surface area contributed by atoms with Gasteiger partial charge in [-0.3, -0.25) is 4.79 Å². The Labute approximate surface area is 161 Å². The zero-order chi connectivity index (χ0) is 17.5. The monoisotopic (exact) mass is 390 g/mol. The number of amides is 1. The normalized spacial score (nSPS) is 19.7. The number of hydrogen-bond donors (Lipinski definition) is 2. The fourth-order valence-electron chi connectivity index (χ4n) is 2.74. The predicted octanol–water partition coefficient (Wildman–Crippen LogP) is 3.68. The van der Waals surface area contributed by atoms with E-state index in [-0.39, 0.29) is 24.4 Å². The van der Waals surface area contributed by atoms with E-state index in [1.165, 1.54) is 0 Å². The first-order chi connectivity index (χ1) is 11.6. The van der Waals surface area contributed by atoms with Crippen molar-refractivity contribution in [1.82, 2.24) is 10.6 Å². The average Bonchev–Trinajstić information content (AvgIpc) is 2.58. The molecular weight excluding hydrogens is 363 g/mol. The van der Waals surface area contributed by atoms with E-state index in [1.54, 1.807) is 19.2 Å². The van der Waals surface area contributed by atoms with Gasteiger partial charge in [0, 0.05) is 18.2 Å². The Morgan fingerprint density at radius 2 is 2.20 bits per heavy atom. The van der Waals surface area contributed by atoms with E-state index in [4.69, 9.17) is 21.1 Å². The third-order valence-electron chi connectivity index (χ3n) is 4.38. The molecule has 1 aliphatic heterocycles. The minimum absolute atomic E-state index is 0. The Kier molecular flexibility index (Phi) is 9.39. The largest absolute Gasteiger partial charge is 0.493 e. The molecule has 1 aromatic rings. The number of piperidine rings is 1. The summed E-state index contributed by atoms with van der Waals surface area (Å²) in [4.78, 5) is 12.6. The molecule has 0 saturated carbocycles. The van der Waals surface area contributed by atoms with Crippen LogP contribution in [0.25, 0.3) is 0 Å². The van der Waals surface area contributed by atoms with Crippen molar-refractivity contribution in [1.29, 1.82) is 0 Å². The van der Waals surface area contributed by atoms with Gasteiger partial charge >= 0.3 is 0 Å². The first-order valence-electron chi connectivity index (χ1n) is 8.58. The van der Waals surface area contributed by atoms with Crippen molar-refractivity contribution in [2.75, 3.05) is 26.8 Å². The summed E-state index contributed by atoms with van der Waals surface area (Å²) in [5, 5.41) is 6.78. The van der Waals surface area contributed by atoms with Crippen LogP contribution in [0.4, 0.5) is 0 Å². The fourth-order valence-corrected chi connectivity index (χ4v) is 3.01. The molecule has 2 N–H and O–H groups in total. The number of methoxy groups -OCH3 is 1. The van der Waals surface area contributed by atoms with Crippen molar-refractivity contribution in [2.24, 2.45) is 5.92 Å². The molecular formula is C18H28Cl2N2O3. The molecule has 1 saturated heterocycles. The lowest BCUT2D eigenvalue weighted by Crippen LogP contribution is -2.50. The Bertz CT molecular complexity index is 569. The Balaban J connectivity index is 0.00000312. The molecule has 0 aliphatic carbocycles. The standard InChI is InChI=1S/C18H27ClN2O3.ClH/c1-4-5-8-24-17-14(19)9-13(10-16(17)23-3)18(22)21-15-11-20-7-6-12(15)2;/h9-10,12,15,20H,4-8,11H2,1-3H3,(H,21,22);1H. The number of carbonyl (C=O) groups is 1. The van der Waals surface area contributed by atoms with Crippen molar-refractivity contribution in [3.8, 4) is 11.5 Å². The second kappa shape index (κ2) is 10.7. The molecule has 2 rings (SSSR count). The first kappa shape index (κ1) is 21.9. The van der Waals surface area contributed by atoms with Crippen molar-refractivity contribution in [2.45, 2.75) is 39.2 Å². The van der Waals surface area contributed by atoms with Crippen LogP contribution in [0.5, 0.6) is 11.5 Å². The molecule has 2 unspecified atom stereocenters. The van der Waals surface area contributed by atoms with Gasteiger partial charge in [0.1, 0.15) is 0 Å². The predicted molar refractivity (Wildman–Crippen MR) is 104 cm³/mol. The highest BCUT2D eigenvalue weighted by Crippen LogP contribution is 2.36. The maximum atomic E-state index is 12.6. The third kappa shape index (κ3) is 5.94. The van der Waals surface area contributed by atoms with Gasteiger partial charge in [-0.2, -0.15) is 0 Å². The first-order valence-corrected chi connectivity index (χ1v) is 8.96. The highest BCUT2D eigenvalue weighted by atomic mass is 35.5. The lowest BCUT2D eigenvalue weighted by atomic mass is 9.94. The van der Waals surface area contributed by atoms with Gasteiger partial charge in [0.05, 0.1) is 18.7 Å². The lowest BCUT2D eigenvalue weighted by Gasteiger charge is -2.30. The van der Waals surface area contributed by atoms with Gasteiger partial charge in [-0.15, -0.1) is 12.4 Å². The molecule has 1 aromatic carbocycles. The van der Waals surface area contributed by atoms with Gasteiger partial charge in [-0.25, -0.2) is 0 Å². The molecule has 0 bridgehead atoms. The summed E-state index contributed by atoms with van der Waals surface area (Å²) in [7, 11) is 1.55. The summed E-state index contributed by atoms with van der Waals surface area (Å²) < 4.78 is 11.1. The van der Waals surface area contributed by atoms with Crippen molar-refractivity contribution >= 4 is 29.9 Å². The van der Waals surface area contributed by atoms with Crippen LogP contribution in [0.1, 0.15) is 43.5 Å². The Morgan fingerprint density at radius 1 is 1.44 bits per heavy atom. The number of ether oxygens (including phenoxy) is 2. The summed E-state index contributed by atoms with van der Waals surface area (Å²) in [5.41, 5.74) is 0.484. The Hall–Kier alpha value is -1.17. The average molecular weight is 391 g/mol. The molecule has 1 fully saturated rings. The van der Waals surface area contributed by atoms with Crippen molar-refractivity contribution in [3.05, 3.63) is 22.7 Å². The van der Waals surface area contributed by atoms with E-state index in [1.807, 2.05) is 0 Å². The van der Waals surface area contributed by atoms with Gasteiger partial charge < -0.3 is 20.1 Å². The van der Waals surface area contributed by atoms with Gasteiger partial charge in [-0.1, -0.05) is 31.9 Å². The second-order valence-corrected chi connectivity index (χ2v) is 6.65.